The Hall–Kier alpha value is -2.99. The molecule has 3 aromatic carbocycles. The molecule has 35 heavy (non-hydrogen) atoms. The molecule has 0 radical (unpaired) electrons. The van der Waals surface area contributed by atoms with E-state index in [2.05, 4.69) is 52.2 Å². The Bertz CT molecular complexity index is 1450. The van der Waals surface area contributed by atoms with E-state index >= 15 is 0 Å². The third-order valence-electron chi connectivity index (χ3n) is 6.23. The number of aromatic nitrogens is 1. The smallest absolute Gasteiger partial charge is 0.123 e. The monoisotopic (exact) mass is 503 g/mol. The van der Waals surface area contributed by atoms with Crippen molar-refractivity contribution in [3.63, 3.8) is 0 Å². The number of thiophene rings is 1. The summed E-state index contributed by atoms with van der Waals surface area (Å²) in [5.41, 5.74) is 5.45. The van der Waals surface area contributed by atoms with Crippen LogP contribution in [0.3, 0.4) is 0 Å². The van der Waals surface area contributed by atoms with Gasteiger partial charge in [0.1, 0.15) is 5.82 Å². The van der Waals surface area contributed by atoms with Gasteiger partial charge in [-0.2, -0.15) is 0 Å². The normalized spacial score (nSPS) is 12.3. The number of anilines is 1. The summed E-state index contributed by atoms with van der Waals surface area (Å²) in [7, 11) is 0. The quantitative estimate of drug-likeness (QED) is 0.199. The van der Waals surface area contributed by atoms with Gasteiger partial charge >= 0.3 is 0 Å². The fourth-order valence-electron chi connectivity index (χ4n) is 4.38. The van der Waals surface area contributed by atoms with Crippen molar-refractivity contribution < 1.29 is 4.39 Å². The Morgan fingerprint density at radius 2 is 1.86 bits per heavy atom. The van der Waals surface area contributed by atoms with Gasteiger partial charge in [0, 0.05) is 50.5 Å². The van der Waals surface area contributed by atoms with E-state index in [4.69, 9.17) is 11.6 Å². The van der Waals surface area contributed by atoms with Gasteiger partial charge in [-0.25, -0.2) is 4.39 Å². The molecule has 0 aliphatic carbocycles. The van der Waals surface area contributed by atoms with Crippen molar-refractivity contribution in [1.29, 1.82) is 0 Å². The molecule has 5 aromatic rings. The summed E-state index contributed by atoms with van der Waals surface area (Å²) in [6, 6.07) is 21.7. The summed E-state index contributed by atoms with van der Waals surface area (Å²) in [5, 5.41) is 12.0. The van der Waals surface area contributed by atoms with E-state index in [1.54, 1.807) is 17.4 Å². The summed E-state index contributed by atoms with van der Waals surface area (Å²) in [5.74, 6) is -0.193. The van der Waals surface area contributed by atoms with Gasteiger partial charge in [-0.3, -0.25) is 4.98 Å². The Kier molecular flexibility index (Phi) is 7.28. The number of fused-ring (bicyclic) bond motifs is 2. The highest BCUT2D eigenvalue weighted by molar-refractivity contribution is 7.17. The minimum absolute atomic E-state index is 0.193. The third-order valence-corrected chi connectivity index (χ3v) is 7.43. The van der Waals surface area contributed by atoms with E-state index in [0.29, 0.717) is 11.1 Å². The number of hydrogen-bond acceptors (Lipinski definition) is 4. The zero-order chi connectivity index (χ0) is 24.2. The van der Waals surface area contributed by atoms with Crippen LogP contribution in [0.25, 0.3) is 32.1 Å². The molecule has 0 aliphatic heterocycles. The zero-order valence-electron chi connectivity index (χ0n) is 19.5. The molecule has 2 N–H and O–H groups in total. The van der Waals surface area contributed by atoms with Crippen molar-refractivity contribution in [2.75, 3.05) is 11.9 Å². The van der Waals surface area contributed by atoms with Gasteiger partial charge in [0.25, 0.3) is 0 Å². The minimum Gasteiger partial charge on any atom is -0.382 e. The van der Waals surface area contributed by atoms with Gasteiger partial charge in [0.15, 0.2) is 0 Å². The average Bonchev–Trinajstić information content (AvgIpc) is 3.27. The second kappa shape index (κ2) is 10.7. The molecule has 3 nitrogen and oxygen atoms in total. The molecular formula is C29H27ClFN3S. The predicted octanol–water partition coefficient (Wildman–Crippen LogP) is 8.28. The molecule has 0 bridgehead atoms. The molecule has 178 valence electrons. The van der Waals surface area contributed by atoms with Crippen LogP contribution in [0.1, 0.15) is 25.3 Å². The lowest BCUT2D eigenvalue weighted by Gasteiger charge is -2.17. The number of pyridine rings is 1. The highest BCUT2D eigenvalue weighted by Crippen LogP contribution is 2.34. The molecule has 0 amide bonds. The first-order valence-corrected chi connectivity index (χ1v) is 13.1. The fourth-order valence-corrected chi connectivity index (χ4v) is 5.49. The van der Waals surface area contributed by atoms with E-state index in [0.717, 1.165) is 63.7 Å². The zero-order valence-corrected chi connectivity index (χ0v) is 21.1. The van der Waals surface area contributed by atoms with Crippen LogP contribution in [-0.2, 0) is 6.54 Å². The lowest BCUT2D eigenvalue weighted by atomic mass is 10.0. The van der Waals surface area contributed by atoms with Gasteiger partial charge in [-0.1, -0.05) is 35.9 Å². The number of halogens is 2. The Morgan fingerprint density at radius 1 is 1.00 bits per heavy atom. The van der Waals surface area contributed by atoms with E-state index in [9.17, 15) is 4.39 Å². The standard InChI is InChI=1S/C29H27ClFN3S/c1-19(34-27-12-14-33-28-15-22(30)8-10-24(27)28)3-2-13-32-17-20-4-6-21(7-5-20)26-18-35-29-11-9-23(31)16-25(26)29/h4-12,14-16,18-19,32H,2-3,13,17H2,1H3,(H,33,34). The molecule has 1 unspecified atom stereocenters. The Morgan fingerprint density at radius 3 is 2.71 bits per heavy atom. The summed E-state index contributed by atoms with van der Waals surface area (Å²) >= 11 is 7.75. The van der Waals surface area contributed by atoms with E-state index in [-0.39, 0.29) is 5.82 Å². The maximum absolute atomic E-state index is 13.7. The number of benzene rings is 3. The number of hydrogen-bond donors (Lipinski definition) is 2. The van der Waals surface area contributed by atoms with Gasteiger partial charge in [-0.15, -0.1) is 11.3 Å². The third kappa shape index (κ3) is 5.64. The van der Waals surface area contributed by atoms with Crippen LogP contribution < -0.4 is 10.6 Å². The maximum Gasteiger partial charge on any atom is 0.123 e. The first kappa shape index (κ1) is 23.7. The Labute approximate surface area is 214 Å². The molecule has 0 saturated heterocycles. The molecule has 2 aromatic heterocycles. The van der Waals surface area contributed by atoms with Crippen molar-refractivity contribution in [2.45, 2.75) is 32.4 Å². The molecule has 0 spiro atoms. The van der Waals surface area contributed by atoms with Crippen LogP contribution >= 0.6 is 22.9 Å². The summed E-state index contributed by atoms with van der Waals surface area (Å²) in [4.78, 5) is 4.41. The van der Waals surface area contributed by atoms with E-state index in [1.807, 2.05) is 36.5 Å². The highest BCUT2D eigenvalue weighted by atomic mass is 35.5. The van der Waals surface area contributed by atoms with Crippen LogP contribution in [0.15, 0.2) is 78.3 Å². The molecule has 2 heterocycles. The number of nitrogens with one attached hydrogen (secondary N) is 2. The summed E-state index contributed by atoms with van der Waals surface area (Å²) in [6.07, 6.45) is 3.96. The summed E-state index contributed by atoms with van der Waals surface area (Å²) in [6.45, 7) is 3.99. The molecular weight excluding hydrogens is 477 g/mol. The van der Waals surface area contributed by atoms with Crippen molar-refractivity contribution in [2.24, 2.45) is 0 Å². The largest absolute Gasteiger partial charge is 0.382 e. The maximum atomic E-state index is 13.7. The number of nitrogens with zero attached hydrogens (tertiary/aromatic N) is 1. The molecule has 0 aliphatic rings. The van der Waals surface area contributed by atoms with Crippen LogP contribution in [0, 0.1) is 5.82 Å². The van der Waals surface area contributed by atoms with E-state index in [1.165, 1.54) is 11.6 Å². The fraction of sp³-hybridized carbons (Fsp3) is 0.207. The topological polar surface area (TPSA) is 37.0 Å². The second-order valence-corrected chi connectivity index (χ2v) is 10.2. The molecule has 0 fully saturated rings. The van der Waals surface area contributed by atoms with Crippen LogP contribution in [0.5, 0.6) is 0 Å². The first-order valence-electron chi connectivity index (χ1n) is 11.8. The molecule has 5 rings (SSSR count). The van der Waals surface area contributed by atoms with Crippen molar-refractivity contribution in [1.82, 2.24) is 10.3 Å². The summed E-state index contributed by atoms with van der Waals surface area (Å²) < 4.78 is 14.8. The average molecular weight is 504 g/mol. The predicted molar refractivity (Wildman–Crippen MR) is 148 cm³/mol. The van der Waals surface area contributed by atoms with Crippen LogP contribution in [-0.4, -0.2) is 17.6 Å². The van der Waals surface area contributed by atoms with Crippen LogP contribution in [0.4, 0.5) is 10.1 Å². The van der Waals surface area contributed by atoms with Crippen molar-refractivity contribution >= 4 is 49.6 Å². The highest BCUT2D eigenvalue weighted by Gasteiger charge is 2.09. The van der Waals surface area contributed by atoms with Crippen molar-refractivity contribution in [3.8, 4) is 11.1 Å². The van der Waals surface area contributed by atoms with Gasteiger partial charge in [0.2, 0.25) is 0 Å². The molecule has 6 heteroatoms. The van der Waals surface area contributed by atoms with Crippen molar-refractivity contribution in [3.05, 3.63) is 94.7 Å². The second-order valence-electron chi connectivity index (χ2n) is 8.87. The number of rotatable bonds is 9. The first-order chi connectivity index (χ1) is 17.1. The van der Waals surface area contributed by atoms with Gasteiger partial charge < -0.3 is 10.6 Å². The SMILES string of the molecule is CC(CCCNCc1ccc(-c2csc3ccc(F)cc23)cc1)Nc1ccnc2cc(Cl)ccc12. The lowest BCUT2D eigenvalue weighted by molar-refractivity contribution is 0.591. The van der Waals surface area contributed by atoms with Crippen LogP contribution in [0.2, 0.25) is 5.02 Å². The van der Waals surface area contributed by atoms with E-state index < -0.39 is 0 Å². The minimum atomic E-state index is -0.193. The molecule has 0 saturated carbocycles. The lowest BCUT2D eigenvalue weighted by Crippen LogP contribution is -2.20. The molecule has 1 atom stereocenters. The Balaban J connectivity index is 1.09. The van der Waals surface area contributed by atoms with Gasteiger partial charge in [0.05, 0.1) is 5.52 Å². The van der Waals surface area contributed by atoms with Gasteiger partial charge in [-0.05, 0) is 85.3 Å².